The van der Waals surface area contributed by atoms with Gasteiger partial charge in [-0.2, -0.15) is 5.10 Å². The molecule has 8 nitrogen and oxygen atoms in total. The molecule has 0 spiro atoms. The van der Waals surface area contributed by atoms with Crippen LogP contribution in [0, 0.1) is 0 Å². The number of rotatable bonds is 4. The number of nitrogens with zero attached hydrogens (tertiary/aromatic N) is 2. The van der Waals surface area contributed by atoms with E-state index in [4.69, 9.17) is 9.47 Å². The van der Waals surface area contributed by atoms with E-state index in [1.807, 2.05) is 66.7 Å². The number of hydrogen-bond donors (Lipinski definition) is 3. The van der Waals surface area contributed by atoms with Gasteiger partial charge in [-0.1, -0.05) is 30.3 Å². The average molecular weight is 437 g/mol. The lowest BCUT2D eigenvalue weighted by Gasteiger charge is -2.18. The van der Waals surface area contributed by atoms with E-state index < -0.39 is 0 Å². The van der Waals surface area contributed by atoms with E-state index in [1.165, 1.54) is 0 Å². The highest BCUT2D eigenvalue weighted by Crippen LogP contribution is 2.34. The van der Waals surface area contributed by atoms with Crippen LogP contribution >= 0.6 is 0 Å². The van der Waals surface area contributed by atoms with Gasteiger partial charge in [-0.25, -0.2) is 4.98 Å². The Bertz CT molecular complexity index is 1470. The molecule has 0 fully saturated rings. The maximum absolute atomic E-state index is 12.8. The van der Waals surface area contributed by atoms with E-state index in [1.54, 1.807) is 6.07 Å². The third-order valence-electron chi connectivity index (χ3n) is 5.45. The molecule has 0 atom stereocenters. The van der Waals surface area contributed by atoms with Gasteiger partial charge in [-0.15, -0.1) is 0 Å². The van der Waals surface area contributed by atoms with Gasteiger partial charge in [0.25, 0.3) is 5.91 Å². The Hall–Kier alpha value is -4.59. The molecule has 1 aliphatic heterocycles. The highest BCUT2D eigenvalue weighted by atomic mass is 16.6. The second-order valence-electron chi connectivity index (χ2n) is 7.66. The number of amides is 1. The van der Waals surface area contributed by atoms with Crippen molar-refractivity contribution in [3.8, 4) is 34.1 Å². The van der Waals surface area contributed by atoms with Crippen LogP contribution in [0.15, 0.2) is 72.8 Å². The molecule has 3 heterocycles. The van der Waals surface area contributed by atoms with Gasteiger partial charge in [-0.05, 0) is 42.5 Å². The van der Waals surface area contributed by atoms with Crippen molar-refractivity contribution >= 4 is 22.6 Å². The molecule has 1 aliphatic rings. The number of hydrogen-bond acceptors (Lipinski definition) is 5. The largest absolute Gasteiger partial charge is 0.486 e. The van der Waals surface area contributed by atoms with E-state index in [0.717, 1.165) is 28.0 Å². The van der Waals surface area contributed by atoms with Crippen LogP contribution in [0.1, 0.15) is 10.5 Å². The number of H-pyrrole nitrogens is 2. The van der Waals surface area contributed by atoms with Gasteiger partial charge in [0.15, 0.2) is 11.5 Å². The molecular formula is C25H19N5O3. The maximum atomic E-state index is 12.8. The van der Waals surface area contributed by atoms with E-state index in [0.29, 0.717) is 41.8 Å². The number of carbonyl (C=O) groups is 1. The molecule has 3 aromatic carbocycles. The highest BCUT2D eigenvalue weighted by molar-refractivity contribution is 6.04. The maximum Gasteiger partial charge on any atom is 0.273 e. The summed E-state index contributed by atoms with van der Waals surface area (Å²) >= 11 is 0. The zero-order valence-corrected chi connectivity index (χ0v) is 17.5. The van der Waals surface area contributed by atoms with Gasteiger partial charge in [-0.3, -0.25) is 9.89 Å². The summed E-state index contributed by atoms with van der Waals surface area (Å²) < 4.78 is 11.2. The second kappa shape index (κ2) is 7.83. The molecule has 6 rings (SSSR count). The van der Waals surface area contributed by atoms with Crippen LogP contribution in [0.2, 0.25) is 0 Å². The molecular weight excluding hydrogens is 418 g/mol. The van der Waals surface area contributed by atoms with E-state index >= 15 is 0 Å². The number of carbonyl (C=O) groups excluding carboxylic acids is 1. The lowest BCUT2D eigenvalue weighted by molar-refractivity contribution is 0.102. The molecule has 0 saturated carbocycles. The summed E-state index contributed by atoms with van der Waals surface area (Å²) in [5, 5.41) is 10.0. The molecule has 2 aromatic heterocycles. The fourth-order valence-corrected chi connectivity index (χ4v) is 3.81. The molecule has 1 amide bonds. The third kappa shape index (κ3) is 3.67. The Labute approximate surface area is 188 Å². The predicted octanol–water partition coefficient (Wildman–Crippen LogP) is 4.64. The summed E-state index contributed by atoms with van der Waals surface area (Å²) in [4.78, 5) is 20.7. The number of fused-ring (bicyclic) bond motifs is 2. The van der Waals surface area contributed by atoms with Crippen molar-refractivity contribution in [1.29, 1.82) is 0 Å². The van der Waals surface area contributed by atoms with Crippen molar-refractivity contribution < 1.29 is 14.3 Å². The lowest BCUT2D eigenvalue weighted by atomic mass is 10.1. The van der Waals surface area contributed by atoms with Gasteiger partial charge in [0, 0.05) is 16.8 Å². The molecule has 0 bridgehead atoms. The minimum atomic E-state index is -0.284. The van der Waals surface area contributed by atoms with Gasteiger partial charge in [0.1, 0.15) is 24.7 Å². The number of benzene rings is 3. The Balaban J connectivity index is 1.21. The summed E-state index contributed by atoms with van der Waals surface area (Å²) in [7, 11) is 0. The van der Waals surface area contributed by atoms with E-state index in [9.17, 15) is 4.79 Å². The van der Waals surface area contributed by atoms with Crippen molar-refractivity contribution in [2.24, 2.45) is 0 Å². The first-order valence-corrected chi connectivity index (χ1v) is 10.5. The molecule has 0 radical (unpaired) electrons. The molecule has 0 unspecified atom stereocenters. The van der Waals surface area contributed by atoms with Crippen molar-refractivity contribution in [2.75, 3.05) is 18.5 Å². The monoisotopic (exact) mass is 437 g/mol. The van der Waals surface area contributed by atoms with Crippen molar-refractivity contribution in [3.63, 3.8) is 0 Å². The van der Waals surface area contributed by atoms with Crippen LogP contribution in [0.4, 0.5) is 5.69 Å². The zero-order valence-electron chi connectivity index (χ0n) is 17.5. The number of aromatic amines is 2. The molecule has 33 heavy (non-hydrogen) atoms. The predicted molar refractivity (Wildman–Crippen MR) is 124 cm³/mol. The number of anilines is 1. The normalized spacial score (nSPS) is 12.6. The van der Waals surface area contributed by atoms with Gasteiger partial charge < -0.3 is 19.8 Å². The van der Waals surface area contributed by atoms with Crippen LogP contribution in [0.5, 0.6) is 11.5 Å². The summed E-state index contributed by atoms with van der Waals surface area (Å²) in [6, 6.07) is 22.8. The molecule has 0 aliphatic carbocycles. The summed E-state index contributed by atoms with van der Waals surface area (Å²) in [5.74, 6) is 1.89. The molecule has 3 N–H and O–H groups in total. The molecule has 5 aromatic rings. The summed E-state index contributed by atoms with van der Waals surface area (Å²) in [6.45, 7) is 1.05. The third-order valence-corrected chi connectivity index (χ3v) is 5.45. The minimum absolute atomic E-state index is 0.284. The van der Waals surface area contributed by atoms with Crippen LogP contribution in [0.25, 0.3) is 33.7 Å². The first-order chi connectivity index (χ1) is 16.2. The van der Waals surface area contributed by atoms with Crippen LogP contribution in [-0.4, -0.2) is 39.3 Å². The summed E-state index contributed by atoms with van der Waals surface area (Å²) in [6.07, 6.45) is 0. The Morgan fingerprint density at radius 3 is 2.61 bits per heavy atom. The van der Waals surface area contributed by atoms with Gasteiger partial charge in [0.05, 0.1) is 16.7 Å². The van der Waals surface area contributed by atoms with E-state index in [-0.39, 0.29) is 5.91 Å². The SMILES string of the molecule is O=C(Nc1ccc2nc(-c3ccccc3)[nH]c2c1)c1cc(-c2ccc3c(c2)OCCO3)n[nH]1. The fourth-order valence-electron chi connectivity index (χ4n) is 3.81. The fraction of sp³-hybridized carbons (Fsp3) is 0.0800. The van der Waals surface area contributed by atoms with Crippen LogP contribution < -0.4 is 14.8 Å². The van der Waals surface area contributed by atoms with Gasteiger partial charge in [0.2, 0.25) is 0 Å². The summed E-state index contributed by atoms with van der Waals surface area (Å²) in [5.41, 5.74) is 5.17. The quantitative estimate of drug-likeness (QED) is 0.380. The minimum Gasteiger partial charge on any atom is -0.486 e. The Morgan fingerprint density at radius 2 is 1.73 bits per heavy atom. The zero-order chi connectivity index (χ0) is 22.2. The molecule has 8 heteroatoms. The number of ether oxygens (including phenoxy) is 2. The number of nitrogens with one attached hydrogen (secondary N) is 3. The van der Waals surface area contributed by atoms with E-state index in [2.05, 4.69) is 25.5 Å². The number of aromatic nitrogens is 4. The Morgan fingerprint density at radius 1 is 0.879 bits per heavy atom. The van der Waals surface area contributed by atoms with Crippen molar-refractivity contribution in [2.45, 2.75) is 0 Å². The van der Waals surface area contributed by atoms with Crippen molar-refractivity contribution in [3.05, 3.63) is 78.5 Å². The first-order valence-electron chi connectivity index (χ1n) is 10.5. The number of imidazole rings is 1. The van der Waals surface area contributed by atoms with Gasteiger partial charge >= 0.3 is 0 Å². The Kier molecular flexibility index (Phi) is 4.54. The van der Waals surface area contributed by atoms with Crippen LogP contribution in [-0.2, 0) is 0 Å². The smallest absolute Gasteiger partial charge is 0.273 e. The van der Waals surface area contributed by atoms with Crippen LogP contribution in [0.3, 0.4) is 0 Å². The van der Waals surface area contributed by atoms with Crippen molar-refractivity contribution in [1.82, 2.24) is 20.2 Å². The topological polar surface area (TPSA) is 105 Å². The molecule has 0 saturated heterocycles. The highest BCUT2D eigenvalue weighted by Gasteiger charge is 2.16. The standard InChI is InChI=1S/C25H19N5O3/c31-25(21-14-19(29-30-21)16-6-9-22-23(12-16)33-11-10-32-22)26-17-7-8-18-20(13-17)28-24(27-18)15-4-2-1-3-5-15/h1-9,12-14H,10-11H2,(H,26,31)(H,27,28)(H,29,30). The average Bonchev–Trinajstić information content (AvgIpc) is 3.52. The second-order valence-corrected chi connectivity index (χ2v) is 7.66. The lowest BCUT2D eigenvalue weighted by Crippen LogP contribution is -2.15. The first kappa shape index (κ1) is 19.1. The molecule has 162 valence electrons.